The minimum atomic E-state index is -0.924. The van der Waals surface area contributed by atoms with Crippen molar-refractivity contribution in [2.24, 2.45) is 0 Å². The minimum Gasteiger partial charge on any atom is -0.480 e. The molecule has 3 aromatic rings. The van der Waals surface area contributed by atoms with Crippen LogP contribution < -0.4 is 10.6 Å². The van der Waals surface area contributed by atoms with E-state index in [1.165, 1.54) is 22.2 Å². The molecule has 1 saturated carbocycles. The van der Waals surface area contributed by atoms with Crippen LogP contribution in [0.1, 0.15) is 30.4 Å². The smallest absolute Gasteiger partial charge is 0.325 e. The Bertz CT molecular complexity index is 1030. The zero-order chi connectivity index (χ0) is 20.5. The number of carbonyl (C=O) groups is 1. The summed E-state index contributed by atoms with van der Waals surface area (Å²) in [6, 6.07) is 9.18. The molecule has 2 aliphatic rings. The van der Waals surface area contributed by atoms with E-state index < -0.39 is 5.97 Å². The fourth-order valence-corrected chi connectivity index (χ4v) is 4.09. The lowest BCUT2D eigenvalue weighted by molar-refractivity contribution is -0.137. The van der Waals surface area contributed by atoms with Crippen LogP contribution in [0.4, 0.5) is 11.8 Å². The quantitative estimate of drug-likeness (QED) is 0.556. The molecule has 0 unspecified atom stereocenters. The van der Waals surface area contributed by atoms with E-state index in [4.69, 9.17) is 5.11 Å². The van der Waals surface area contributed by atoms with Gasteiger partial charge in [-0.3, -0.25) is 9.48 Å². The van der Waals surface area contributed by atoms with E-state index in [0.717, 1.165) is 36.8 Å². The van der Waals surface area contributed by atoms with Gasteiger partial charge in [-0.25, -0.2) is 9.97 Å². The maximum Gasteiger partial charge on any atom is 0.325 e. The zero-order valence-electron chi connectivity index (χ0n) is 16.6. The number of aliphatic carboxylic acids is 1. The van der Waals surface area contributed by atoms with Gasteiger partial charge >= 0.3 is 5.97 Å². The monoisotopic (exact) mass is 404 g/mol. The molecule has 154 valence electrons. The average molecular weight is 404 g/mol. The van der Waals surface area contributed by atoms with Gasteiger partial charge in [0.2, 0.25) is 5.95 Å². The first-order valence-electron chi connectivity index (χ1n) is 10.4. The maximum atomic E-state index is 11.1. The summed E-state index contributed by atoms with van der Waals surface area (Å²) in [5, 5.41) is 20.4. The number of anilines is 2. The molecule has 8 nitrogen and oxygen atoms in total. The van der Waals surface area contributed by atoms with Gasteiger partial charge in [-0.2, -0.15) is 5.10 Å². The number of carboxylic acids is 1. The number of carboxylic acid groups (broad SMARTS) is 1. The third-order valence-electron chi connectivity index (χ3n) is 5.85. The van der Waals surface area contributed by atoms with Crippen molar-refractivity contribution < 1.29 is 9.90 Å². The number of nitrogens with zero attached hydrogens (tertiary/aromatic N) is 4. The van der Waals surface area contributed by atoms with E-state index in [1.807, 2.05) is 0 Å². The van der Waals surface area contributed by atoms with Gasteiger partial charge in [-0.1, -0.05) is 24.3 Å². The Kier molecular flexibility index (Phi) is 4.82. The van der Waals surface area contributed by atoms with Gasteiger partial charge in [0.05, 0.1) is 0 Å². The fraction of sp³-hybridized carbons (Fsp3) is 0.364. The highest BCUT2D eigenvalue weighted by Gasteiger charge is 2.23. The molecule has 0 saturated heterocycles. The molecular formula is C22H24N6O2. The molecule has 0 aliphatic heterocycles. The highest BCUT2D eigenvalue weighted by molar-refractivity contribution is 5.75. The fourth-order valence-electron chi connectivity index (χ4n) is 4.09. The summed E-state index contributed by atoms with van der Waals surface area (Å²) in [7, 11) is 0. The molecular weight excluding hydrogens is 380 g/mol. The molecule has 2 aliphatic carbocycles. The summed E-state index contributed by atoms with van der Waals surface area (Å²) in [5.74, 6) is 0.368. The first kappa shape index (κ1) is 18.6. The molecule has 1 fully saturated rings. The predicted octanol–water partition coefficient (Wildman–Crippen LogP) is 2.97. The molecule has 2 aromatic heterocycles. The molecule has 5 rings (SSSR count). The molecule has 0 amide bonds. The van der Waals surface area contributed by atoms with E-state index >= 15 is 0 Å². The van der Waals surface area contributed by atoms with Crippen molar-refractivity contribution in [3.8, 4) is 11.1 Å². The van der Waals surface area contributed by atoms with Gasteiger partial charge in [0, 0.05) is 41.8 Å². The Labute approximate surface area is 174 Å². The molecule has 3 N–H and O–H groups in total. The van der Waals surface area contributed by atoms with Gasteiger partial charge in [-0.15, -0.1) is 0 Å². The van der Waals surface area contributed by atoms with E-state index in [-0.39, 0.29) is 6.54 Å². The van der Waals surface area contributed by atoms with Crippen LogP contribution >= 0.6 is 0 Å². The SMILES string of the molecule is O=C(O)Cn1cc(-c2cnc(NC3Cc4ccccc4C3)nc2)c(NC2CCC2)n1. The van der Waals surface area contributed by atoms with Gasteiger partial charge in [-0.05, 0) is 43.2 Å². The molecule has 0 bridgehead atoms. The lowest BCUT2D eigenvalue weighted by Crippen LogP contribution is -2.27. The lowest BCUT2D eigenvalue weighted by Gasteiger charge is -2.26. The standard InChI is InChI=1S/C22H24N6O2/c29-20(30)13-28-12-19(21(27-28)25-17-6-3-7-17)16-10-23-22(24-11-16)26-18-8-14-4-1-2-5-15(14)9-18/h1-2,4-5,10-12,17-18H,3,6-9,13H2,(H,25,27)(H,29,30)(H,23,24,26). The molecule has 8 heteroatoms. The molecule has 2 heterocycles. The number of rotatable bonds is 7. The van der Waals surface area contributed by atoms with Gasteiger partial charge in [0.15, 0.2) is 5.82 Å². The third-order valence-corrected chi connectivity index (χ3v) is 5.85. The van der Waals surface area contributed by atoms with Crippen molar-refractivity contribution >= 4 is 17.7 Å². The summed E-state index contributed by atoms with van der Waals surface area (Å²) in [4.78, 5) is 20.1. The Morgan fingerprint density at radius 1 is 1.07 bits per heavy atom. The highest BCUT2D eigenvalue weighted by Crippen LogP contribution is 2.31. The molecule has 1 aromatic carbocycles. The van der Waals surface area contributed by atoms with E-state index in [1.54, 1.807) is 18.6 Å². The zero-order valence-corrected chi connectivity index (χ0v) is 16.6. The van der Waals surface area contributed by atoms with Crippen LogP contribution in [0.5, 0.6) is 0 Å². The molecule has 0 atom stereocenters. The largest absolute Gasteiger partial charge is 0.480 e. The predicted molar refractivity (Wildman–Crippen MR) is 113 cm³/mol. The second-order valence-corrected chi connectivity index (χ2v) is 8.07. The average Bonchev–Trinajstić information content (AvgIpc) is 3.28. The van der Waals surface area contributed by atoms with E-state index in [0.29, 0.717) is 23.8 Å². The number of nitrogens with one attached hydrogen (secondary N) is 2. The highest BCUT2D eigenvalue weighted by atomic mass is 16.4. The van der Waals surface area contributed by atoms with Crippen molar-refractivity contribution in [2.75, 3.05) is 10.6 Å². The van der Waals surface area contributed by atoms with E-state index in [9.17, 15) is 4.79 Å². The van der Waals surface area contributed by atoms with Crippen molar-refractivity contribution in [1.82, 2.24) is 19.7 Å². The summed E-state index contributed by atoms with van der Waals surface area (Å²) >= 11 is 0. The second kappa shape index (κ2) is 7.78. The lowest BCUT2D eigenvalue weighted by atomic mass is 9.93. The summed E-state index contributed by atoms with van der Waals surface area (Å²) in [6.07, 6.45) is 10.6. The van der Waals surface area contributed by atoms with Crippen molar-refractivity contribution in [3.05, 3.63) is 54.0 Å². The Hall–Kier alpha value is -3.42. The summed E-state index contributed by atoms with van der Waals surface area (Å²) in [5.41, 5.74) is 4.39. The summed E-state index contributed by atoms with van der Waals surface area (Å²) in [6.45, 7) is -0.178. The van der Waals surface area contributed by atoms with Crippen LogP contribution in [0.2, 0.25) is 0 Å². The first-order chi connectivity index (χ1) is 14.6. The first-order valence-corrected chi connectivity index (χ1v) is 10.4. The summed E-state index contributed by atoms with van der Waals surface area (Å²) < 4.78 is 1.45. The molecule has 0 radical (unpaired) electrons. The van der Waals surface area contributed by atoms with Crippen LogP contribution in [0, 0.1) is 0 Å². The number of hydrogen-bond donors (Lipinski definition) is 3. The Balaban J connectivity index is 1.32. The minimum absolute atomic E-state index is 0.178. The van der Waals surface area contributed by atoms with Crippen LogP contribution in [0.15, 0.2) is 42.9 Å². The molecule has 30 heavy (non-hydrogen) atoms. The van der Waals surface area contributed by atoms with E-state index in [2.05, 4.69) is 50.0 Å². The van der Waals surface area contributed by atoms with Crippen LogP contribution in [0.3, 0.4) is 0 Å². The third kappa shape index (κ3) is 3.85. The molecule has 0 spiro atoms. The topological polar surface area (TPSA) is 105 Å². The normalized spacial score (nSPS) is 16.1. The van der Waals surface area contributed by atoms with Crippen LogP contribution in [0.25, 0.3) is 11.1 Å². The van der Waals surface area contributed by atoms with Crippen molar-refractivity contribution in [1.29, 1.82) is 0 Å². The van der Waals surface area contributed by atoms with Crippen molar-refractivity contribution in [3.63, 3.8) is 0 Å². The number of fused-ring (bicyclic) bond motifs is 1. The Morgan fingerprint density at radius 2 is 1.77 bits per heavy atom. The van der Waals surface area contributed by atoms with Crippen LogP contribution in [-0.4, -0.2) is 42.9 Å². The Morgan fingerprint density at radius 3 is 2.37 bits per heavy atom. The number of aromatic nitrogens is 4. The van der Waals surface area contributed by atoms with Gasteiger partial charge < -0.3 is 15.7 Å². The van der Waals surface area contributed by atoms with Gasteiger partial charge in [0.1, 0.15) is 6.54 Å². The van der Waals surface area contributed by atoms with Crippen molar-refractivity contribution in [2.45, 2.75) is 50.7 Å². The number of benzene rings is 1. The second-order valence-electron chi connectivity index (χ2n) is 8.07. The number of hydrogen-bond acceptors (Lipinski definition) is 6. The maximum absolute atomic E-state index is 11.1. The van der Waals surface area contributed by atoms with Gasteiger partial charge in [0.25, 0.3) is 0 Å². The van der Waals surface area contributed by atoms with Crippen LogP contribution in [-0.2, 0) is 24.2 Å².